The summed E-state index contributed by atoms with van der Waals surface area (Å²) in [4.78, 5) is 12.4. The van der Waals surface area contributed by atoms with Crippen LogP contribution in [0.1, 0.15) is 52.9 Å². The number of hydrogen-bond donors (Lipinski definition) is 3. The Kier molecular flexibility index (Phi) is 5.39. The van der Waals surface area contributed by atoms with Crippen molar-refractivity contribution in [2.45, 2.75) is 49.3 Å². The lowest BCUT2D eigenvalue weighted by molar-refractivity contribution is 0.0692. The third kappa shape index (κ3) is 3.72. The van der Waals surface area contributed by atoms with Gasteiger partial charge in [0.2, 0.25) is 0 Å². The van der Waals surface area contributed by atoms with Crippen LogP contribution in [0, 0.1) is 0 Å². The van der Waals surface area contributed by atoms with Crippen LogP contribution in [0.4, 0.5) is 0 Å². The summed E-state index contributed by atoms with van der Waals surface area (Å²) in [6.07, 6.45) is 7.88. The van der Waals surface area contributed by atoms with Crippen LogP contribution in [-0.4, -0.2) is 32.6 Å². The quantitative estimate of drug-likeness (QED) is 0.668. The van der Waals surface area contributed by atoms with E-state index in [0.717, 1.165) is 35.5 Å². The molecule has 1 aliphatic heterocycles. The van der Waals surface area contributed by atoms with Gasteiger partial charge in [-0.05, 0) is 50.6 Å². The zero-order valence-corrected chi connectivity index (χ0v) is 15.1. The topological polar surface area (TPSA) is 95.5 Å². The molecular weight excluding hydrogens is 348 g/mol. The molecule has 1 aromatic heterocycles. The van der Waals surface area contributed by atoms with E-state index in [1.54, 1.807) is 0 Å². The van der Waals surface area contributed by atoms with Gasteiger partial charge in [0.15, 0.2) is 0 Å². The first-order valence-electron chi connectivity index (χ1n) is 8.25. The highest BCUT2D eigenvalue weighted by atomic mass is 32.2. The molecule has 2 aliphatic rings. The zero-order valence-electron chi connectivity index (χ0n) is 13.4. The fraction of sp³-hybridized carbons (Fsp3) is 0.562. The minimum Gasteiger partial charge on any atom is -0.478 e. The molecule has 132 valence electrons. The number of nitrogens with one attached hydrogen (secondary N) is 2. The Hall–Kier alpha value is -1.22. The summed E-state index contributed by atoms with van der Waals surface area (Å²) in [6.45, 7) is 1.52. The Morgan fingerprint density at radius 1 is 1.33 bits per heavy atom. The first-order valence-corrected chi connectivity index (χ1v) is 10.5. The highest BCUT2D eigenvalue weighted by Crippen LogP contribution is 2.34. The average Bonchev–Trinajstić information content (AvgIpc) is 2.96. The van der Waals surface area contributed by atoms with Gasteiger partial charge in [-0.25, -0.2) is 17.9 Å². The third-order valence-corrected chi connectivity index (χ3v) is 7.69. The summed E-state index contributed by atoms with van der Waals surface area (Å²) < 4.78 is 27.8. The van der Waals surface area contributed by atoms with E-state index in [1.165, 1.54) is 12.0 Å². The first kappa shape index (κ1) is 17.6. The number of allylic oxidation sites excluding steroid dienone is 1. The van der Waals surface area contributed by atoms with E-state index in [-0.39, 0.29) is 9.77 Å². The molecule has 2 heterocycles. The normalized spacial score (nSPS) is 18.1. The Morgan fingerprint density at radius 2 is 2.17 bits per heavy atom. The summed E-state index contributed by atoms with van der Waals surface area (Å²) in [7, 11) is -3.80. The second kappa shape index (κ2) is 7.35. The predicted octanol–water partition coefficient (Wildman–Crippen LogP) is 2.26. The van der Waals surface area contributed by atoms with Crippen LogP contribution in [0.25, 0.3) is 0 Å². The molecule has 3 N–H and O–H groups in total. The molecule has 0 radical (unpaired) electrons. The van der Waals surface area contributed by atoms with Gasteiger partial charge in [-0.3, -0.25) is 0 Å². The molecule has 0 spiro atoms. The van der Waals surface area contributed by atoms with Crippen molar-refractivity contribution in [3.8, 4) is 0 Å². The van der Waals surface area contributed by atoms with Crippen molar-refractivity contribution in [2.24, 2.45) is 0 Å². The van der Waals surface area contributed by atoms with E-state index in [9.17, 15) is 18.3 Å². The molecule has 6 nitrogen and oxygen atoms in total. The van der Waals surface area contributed by atoms with Crippen LogP contribution in [0.5, 0.6) is 0 Å². The summed E-state index contributed by atoms with van der Waals surface area (Å²) >= 11 is 1.07. The van der Waals surface area contributed by atoms with E-state index in [1.807, 2.05) is 0 Å². The van der Waals surface area contributed by atoms with Crippen molar-refractivity contribution in [3.63, 3.8) is 0 Å². The predicted molar refractivity (Wildman–Crippen MR) is 93.0 cm³/mol. The molecule has 0 amide bonds. The number of aromatic carboxylic acids is 1. The molecule has 0 bridgehead atoms. The van der Waals surface area contributed by atoms with Crippen molar-refractivity contribution in [1.29, 1.82) is 0 Å². The molecule has 0 aromatic carbocycles. The van der Waals surface area contributed by atoms with Gasteiger partial charge in [-0.15, -0.1) is 11.3 Å². The lowest BCUT2D eigenvalue weighted by atomic mass is 9.97. The van der Waals surface area contributed by atoms with Crippen LogP contribution in [0.2, 0.25) is 0 Å². The van der Waals surface area contributed by atoms with Crippen molar-refractivity contribution < 1.29 is 18.3 Å². The van der Waals surface area contributed by atoms with Gasteiger partial charge in [-0.1, -0.05) is 11.6 Å². The smallest absolute Gasteiger partial charge is 0.338 e. The third-order valence-electron chi connectivity index (χ3n) is 4.48. The molecule has 8 heteroatoms. The van der Waals surface area contributed by atoms with Crippen LogP contribution in [0.3, 0.4) is 0 Å². The van der Waals surface area contributed by atoms with E-state index >= 15 is 0 Å². The van der Waals surface area contributed by atoms with Gasteiger partial charge in [-0.2, -0.15) is 0 Å². The fourth-order valence-electron chi connectivity index (χ4n) is 3.26. The maximum Gasteiger partial charge on any atom is 0.338 e. The number of fused-ring (bicyclic) bond motifs is 1. The van der Waals surface area contributed by atoms with Gasteiger partial charge >= 0.3 is 5.97 Å². The standard InChI is InChI=1S/C16H22N2O4S2/c19-15(20)14-12-7-8-17-10-13(12)23-16(14)24(21,22)18-9-6-11-4-2-1-3-5-11/h4,17-18H,1-3,5-10H2,(H,19,20). The van der Waals surface area contributed by atoms with Crippen LogP contribution >= 0.6 is 11.3 Å². The molecule has 0 unspecified atom stereocenters. The lowest BCUT2D eigenvalue weighted by Crippen LogP contribution is -2.26. The number of thiophene rings is 1. The molecule has 24 heavy (non-hydrogen) atoms. The first-order chi connectivity index (χ1) is 11.5. The number of carbonyl (C=O) groups is 1. The van der Waals surface area contributed by atoms with Gasteiger partial charge in [0.25, 0.3) is 10.0 Å². The van der Waals surface area contributed by atoms with Crippen molar-refractivity contribution in [2.75, 3.05) is 13.1 Å². The number of rotatable bonds is 6. The van der Waals surface area contributed by atoms with Gasteiger partial charge in [0.05, 0.1) is 5.56 Å². The number of sulfonamides is 1. The molecule has 0 saturated carbocycles. The Morgan fingerprint density at radius 3 is 2.88 bits per heavy atom. The van der Waals surface area contributed by atoms with E-state index < -0.39 is 16.0 Å². The molecule has 1 aliphatic carbocycles. The molecular formula is C16H22N2O4S2. The van der Waals surface area contributed by atoms with E-state index in [4.69, 9.17) is 0 Å². The molecule has 0 saturated heterocycles. The minimum atomic E-state index is -3.80. The van der Waals surface area contributed by atoms with Gasteiger partial charge in [0.1, 0.15) is 4.21 Å². The van der Waals surface area contributed by atoms with Crippen LogP contribution in [-0.2, 0) is 23.0 Å². The molecule has 3 rings (SSSR count). The van der Waals surface area contributed by atoms with E-state index in [2.05, 4.69) is 16.1 Å². The van der Waals surface area contributed by atoms with Crippen molar-refractivity contribution >= 4 is 27.3 Å². The van der Waals surface area contributed by atoms with Gasteiger partial charge < -0.3 is 10.4 Å². The average molecular weight is 370 g/mol. The van der Waals surface area contributed by atoms with Crippen LogP contribution < -0.4 is 10.0 Å². The fourth-order valence-corrected chi connectivity index (χ4v) is 6.19. The second-order valence-electron chi connectivity index (χ2n) is 6.15. The van der Waals surface area contributed by atoms with Crippen molar-refractivity contribution in [1.82, 2.24) is 10.0 Å². The number of carboxylic acids is 1. The summed E-state index contributed by atoms with van der Waals surface area (Å²) in [5, 5.41) is 12.6. The molecule has 0 atom stereocenters. The highest BCUT2D eigenvalue weighted by molar-refractivity contribution is 7.91. The highest BCUT2D eigenvalue weighted by Gasteiger charge is 2.31. The Balaban J connectivity index is 1.77. The monoisotopic (exact) mass is 370 g/mol. The summed E-state index contributed by atoms with van der Waals surface area (Å²) in [5.74, 6) is -1.16. The SMILES string of the molecule is O=C(O)c1c(S(=O)(=O)NCCC2=CCCCC2)sc2c1CCNC2. The Labute approximate surface area is 146 Å². The molecule has 0 fully saturated rings. The molecule has 1 aromatic rings. The summed E-state index contributed by atoms with van der Waals surface area (Å²) in [5.41, 5.74) is 1.92. The summed E-state index contributed by atoms with van der Waals surface area (Å²) in [6, 6.07) is 0. The number of hydrogen-bond acceptors (Lipinski definition) is 5. The number of carboxylic acid groups (broad SMARTS) is 1. The Bertz CT molecular complexity index is 765. The van der Waals surface area contributed by atoms with Crippen molar-refractivity contribution in [3.05, 3.63) is 27.7 Å². The lowest BCUT2D eigenvalue weighted by Gasteiger charge is -2.13. The largest absolute Gasteiger partial charge is 0.478 e. The van der Waals surface area contributed by atoms with Crippen LogP contribution in [0.15, 0.2) is 15.9 Å². The second-order valence-corrected chi connectivity index (χ2v) is 9.22. The maximum atomic E-state index is 12.6. The zero-order chi connectivity index (χ0) is 17.2. The van der Waals surface area contributed by atoms with Gasteiger partial charge in [0, 0.05) is 18.0 Å². The maximum absolute atomic E-state index is 12.6. The minimum absolute atomic E-state index is 0.0409. The van der Waals surface area contributed by atoms with E-state index in [0.29, 0.717) is 38.0 Å².